The molecule has 0 aliphatic carbocycles. The van der Waals surface area contributed by atoms with Gasteiger partial charge in [-0.3, -0.25) is 4.79 Å². The quantitative estimate of drug-likeness (QED) is 0.766. The standard InChI is InChI=1S/C20H19ClN2O4S/c1-27-19-14-8-13-28(25,26)18(14)7-6-15(19)20(24)23-11-9-22(10-12-23)17-5-3-2-4-16(17)21/h2-8,13H,9-12H2,1H3. The number of amides is 1. The highest BCUT2D eigenvalue weighted by Gasteiger charge is 2.30. The van der Waals surface area contributed by atoms with Gasteiger partial charge < -0.3 is 14.5 Å². The highest BCUT2D eigenvalue weighted by atomic mass is 35.5. The number of carbonyl (C=O) groups is 1. The average Bonchev–Trinajstić information content (AvgIpc) is 3.02. The van der Waals surface area contributed by atoms with Crippen LogP contribution in [0.1, 0.15) is 15.9 Å². The molecular formula is C20H19ClN2O4S. The van der Waals surface area contributed by atoms with E-state index >= 15 is 0 Å². The van der Waals surface area contributed by atoms with Gasteiger partial charge in [-0.05, 0) is 30.3 Å². The molecule has 0 aromatic heterocycles. The Bertz CT molecular complexity index is 1070. The maximum atomic E-state index is 13.1. The van der Waals surface area contributed by atoms with Crippen molar-refractivity contribution in [1.82, 2.24) is 4.90 Å². The van der Waals surface area contributed by atoms with Crippen LogP contribution in [-0.2, 0) is 9.84 Å². The number of halogens is 1. The van der Waals surface area contributed by atoms with Crippen LogP contribution in [0.4, 0.5) is 5.69 Å². The molecule has 1 saturated heterocycles. The van der Waals surface area contributed by atoms with E-state index in [4.69, 9.17) is 16.3 Å². The third kappa shape index (κ3) is 3.14. The van der Waals surface area contributed by atoms with Crippen molar-refractivity contribution >= 4 is 39.1 Å². The Kier molecular flexibility index (Phi) is 4.81. The molecular weight excluding hydrogens is 400 g/mol. The van der Waals surface area contributed by atoms with E-state index in [0.717, 1.165) is 11.1 Å². The zero-order chi connectivity index (χ0) is 19.9. The maximum Gasteiger partial charge on any atom is 0.257 e. The molecule has 146 valence electrons. The monoisotopic (exact) mass is 418 g/mol. The summed E-state index contributed by atoms with van der Waals surface area (Å²) in [5, 5.41) is 1.83. The van der Waals surface area contributed by atoms with Gasteiger partial charge in [-0.15, -0.1) is 0 Å². The van der Waals surface area contributed by atoms with Crippen molar-refractivity contribution in [3.63, 3.8) is 0 Å². The van der Waals surface area contributed by atoms with Crippen molar-refractivity contribution in [3.05, 3.63) is 58.0 Å². The fourth-order valence-corrected chi connectivity index (χ4v) is 5.08. The van der Waals surface area contributed by atoms with Crippen LogP contribution >= 0.6 is 11.6 Å². The molecule has 0 spiro atoms. The van der Waals surface area contributed by atoms with E-state index in [2.05, 4.69) is 4.90 Å². The van der Waals surface area contributed by atoms with Gasteiger partial charge in [-0.25, -0.2) is 8.42 Å². The molecule has 0 saturated carbocycles. The van der Waals surface area contributed by atoms with E-state index in [1.807, 2.05) is 24.3 Å². The van der Waals surface area contributed by atoms with Gasteiger partial charge in [-0.2, -0.15) is 0 Å². The van der Waals surface area contributed by atoms with Gasteiger partial charge in [0.15, 0.2) is 0 Å². The summed E-state index contributed by atoms with van der Waals surface area (Å²) in [4.78, 5) is 17.2. The van der Waals surface area contributed by atoms with Gasteiger partial charge in [0.2, 0.25) is 9.84 Å². The second kappa shape index (κ2) is 7.14. The third-order valence-corrected chi connectivity index (χ3v) is 6.85. The molecule has 2 aromatic rings. The molecule has 0 bridgehead atoms. The maximum absolute atomic E-state index is 13.1. The number of hydrogen-bond donors (Lipinski definition) is 0. The summed E-state index contributed by atoms with van der Waals surface area (Å²) < 4.78 is 29.5. The third-order valence-electron chi connectivity index (χ3n) is 5.07. The molecule has 1 fully saturated rings. The molecule has 0 N–H and O–H groups in total. The number of fused-ring (bicyclic) bond motifs is 1. The van der Waals surface area contributed by atoms with E-state index in [-0.39, 0.29) is 10.8 Å². The van der Waals surface area contributed by atoms with Crippen molar-refractivity contribution in [1.29, 1.82) is 0 Å². The Hall–Kier alpha value is -2.51. The van der Waals surface area contributed by atoms with Crippen LogP contribution in [0.15, 0.2) is 46.7 Å². The van der Waals surface area contributed by atoms with Gasteiger partial charge >= 0.3 is 0 Å². The number of nitrogens with zero attached hydrogens (tertiary/aromatic N) is 2. The predicted molar refractivity (Wildman–Crippen MR) is 109 cm³/mol. The summed E-state index contributed by atoms with van der Waals surface area (Å²) in [6.07, 6.45) is 1.48. The largest absolute Gasteiger partial charge is 0.495 e. The van der Waals surface area contributed by atoms with Crippen LogP contribution in [0, 0.1) is 0 Å². The number of ether oxygens (including phenoxy) is 1. The van der Waals surface area contributed by atoms with E-state index in [1.165, 1.54) is 25.3 Å². The average molecular weight is 419 g/mol. The fraction of sp³-hybridized carbons (Fsp3) is 0.250. The number of benzene rings is 2. The lowest BCUT2D eigenvalue weighted by Crippen LogP contribution is -2.49. The lowest BCUT2D eigenvalue weighted by Gasteiger charge is -2.36. The minimum absolute atomic E-state index is 0.170. The number of hydrogen-bond acceptors (Lipinski definition) is 5. The molecule has 2 aliphatic rings. The van der Waals surface area contributed by atoms with Gasteiger partial charge in [0.25, 0.3) is 5.91 Å². The van der Waals surface area contributed by atoms with E-state index in [0.29, 0.717) is 48.1 Å². The van der Waals surface area contributed by atoms with Crippen molar-refractivity contribution < 1.29 is 17.9 Å². The zero-order valence-electron chi connectivity index (χ0n) is 15.3. The van der Waals surface area contributed by atoms with E-state index in [9.17, 15) is 13.2 Å². The van der Waals surface area contributed by atoms with E-state index in [1.54, 1.807) is 4.90 Å². The second-order valence-corrected chi connectivity index (χ2v) is 8.85. The number of anilines is 1. The molecule has 2 aliphatic heterocycles. The van der Waals surface area contributed by atoms with Crippen LogP contribution in [0.25, 0.3) is 6.08 Å². The summed E-state index contributed by atoms with van der Waals surface area (Å²) in [7, 11) is -2.01. The SMILES string of the molecule is COc1c(C(=O)N2CCN(c3ccccc3Cl)CC2)ccc2c1C=CS2(=O)=O. The molecule has 4 rings (SSSR count). The molecule has 1 amide bonds. The molecule has 0 unspecified atom stereocenters. The number of sulfone groups is 1. The van der Waals surface area contributed by atoms with Crippen molar-refractivity contribution in [2.45, 2.75) is 4.90 Å². The number of carbonyl (C=O) groups excluding carboxylic acids is 1. The van der Waals surface area contributed by atoms with Gasteiger partial charge in [0, 0.05) is 37.2 Å². The minimum atomic E-state index is -3.45. The van der Waals surface area contributed by atoms with Crippen LogP contribution in [0.2, 0.25) is 5.02 Å². The topological polar surface area (TPSA) is 66.9 Å². The number of piperazine rings is 1. The second-order valence-electron chi connectivity index (χ2n) is 6.64. The molecule has 8 heteroatoms. The summed E-state index contributed by atoms with van der Waals surface area (Å²) in [6.45, 7) is 2.41. The van der Waals surface area contributed by atoms with Gasteiger partial charge in [0.05, 0.1) is 28.3 Å². The zero-order valence-corrected chi connectivity index (χ0v) is 16.8. The van der Waals surface area contributed by atoms with Crippen LogP contribution < -0.4 is 9.64 Å². The van der Waals surface area contributed by atoms with Crippen molar-refractivity contribution in [2.24, 2.45) is 0 Å². The Balaban J connectivity index is 1.55. The first-order valence-corrected chi connectivity index (χ1v) is 10.8. The Labute approximate surface area is 168 Å². The minimum Gasteiger partial charge on any atom is -0.495 e. The number of methoxy groups -OCH3 is 1. The first-order chi connectivity index (χ1) is 13.4. The Morgan fingerprint density at radius 3 is 2.46 bits per heavy atom. The summed E-state index contributed by atoms with van der Waals surface area (Å²) >= 11 is 6.27. The first-order valence-electron chi connectivity index (χ1n) is 8.85. The van der Waals surface area contributed by atoms with Crippen molar-refractivity contribution in [3.8, 4) is 5.75 Å². The lowest BCUT2D eigenvalue weighted by atomic mass is 10.1. The van der Waals surface area contributed by atoms with Crippen LogP contribution in [0.5, 0.6) is 5.75 Å². The number of para-hydroxylation sites is 1. The predicted octanol–water partition coefficient (Wildman–Crippen LogP) is 3.07. The molecule has 2 heterocycles. The summed E-state index contributed by atoms with van der Waals surface area (Å²) in [6, 6.07) is 10.7. The van der Waals surface area contributed by atoms with E-state index < -0.39 is 9.84 Å². The van der Waals surface area contributed by atoms with Crippen LogP contribution in [0.3, 0.4) is 0 Å². The van der Waals surface area contributed by atoms with Crippen LogP contribution in [-0.4, -0.2) is 52.5 Å². The smallest absolute Gasteiger partial charge is 0.257 e. The molecule has 6 nitrogen and oxygen atoms in total. The van der Waals surface area contributed by atoms with Gasteiger partial charge in [0.1, 0.15) is 5.75 Å². The highest BCUT2D eigenvalue weighted by molar-refractivity contribution is 7.94. The fourth-order valence-electron chi connectivity index (χ4n) is 3.64. The molecule has 2 aromatic carbocycles. The summed E-state index contributed by atoms with van der Waals surface area (Å²) in [5.41, 5.74) is 1.76. The lowest BCUT2D eigenvalue weighted by molar-refractivity contribution is 0.0743. The molecule has 0 atom stereocenters. The summed E-state index contributed by atoms with van der Waals surface area (Å²) in [5.74, 6) is 0.129. The normalized spacial score (nSPS) is 17.5. The Morgan fingerprint density at radius 1 is 1.07 bits per heavy atom. The van der Waals surface area contributed by atoms with Gasteiger partial charge in [-0.1, -0.05) is 23.7 Å². The highest BCUT2D eigenvalue weighted by Crippen LogP contribution is 2.37. The Morgan fingerprint density at radius 2 is 1.79 bits per heavy atom. The van der Waals surface area contributed by atoms with Crippen molar-refractivity contribution in [2.75, 3.05) is 38.2 Å². The molecule has 0 radical (unpaired) electrons. The first kappa shape index (κ1) is 18.8. The number of rotatable bonds is 3. The molecule has 28 heavy (non-hydrogen) atoms.